The second-order valence-corrected chi connectivity index (χ2v) is 5.35. The number of carbonyl (C=O) groups is 1. The highest BCUT2D eigenvalue weighted by Crippen LogP contribution is 2.18. The zero-order chi connectivity index (χ0) is 14.8. The van der Waals surface area contributed by atoms with Crippen molar-refractivity contribution in [1.29, 1.82) is 0 Å². The number of aromatic amines is 1. The van der Waals surface area contributed by atoms with Crippen molar-refractivity contribution in [2.75, 3.05) is 0 Å². The molecule has 3 aromatic rings. The number of carboxylic acids is 1. The molecule has 0 fully saturated rings. The number of benzene rings is 1. The highest BCUT2D eigenvalue weighted by Gasteiger charge is 2.05. The van der Waals surface area contributed by atoms with Crippen LogP contribution in [0.5, 0.6) is 0 Å². The van der Waals surface area contributed by atoms with Gasteiger partial charge >= 0.3 is 5.97 Å². The van der Waals surface area contributed by atoms with Crippen molar-refractivity contribution in [2.24, 2.45) is 0 Å². The van der Waals surface area contributed by atoms with E-state index in [1.807, 2.05) is 0 Å². The van der Waals surface area contributed by atoms with Crippen molar-refractivity contribution in [2.45, 2.75) is 10.9 Å². The summed E-state index contributed by atoms with van der Waals surface area (Å²) in [5.41, 5.74) is 1.54. The minimum Gasteiger partial charge on any atom is -0.478 e. The Balaban J connectivity index is 1.76. The fourth-order valence-corrected chi connectivity index (χ4v) is 2.69. The quantitative estimate of drug-likeness (QED) is 0.720. The predicted molar refractivity (Wildman–Crippen MR) is 78.8 cm³/mol. The van der Waals surface area contributed by atoms with E-state index in [1.165, 1.54) is 16.3 Å². The molecule has 0 atom stereocenters. The summed E-state index contributed by atoms with van der Waals surface area (Å²) in [6, 6.07) is 10.1. The highest BCUT2D eigenvalue weighted by molar-refractivity contribution is 7.98. The molecule has 0 radical (unpaired) electrons. The summed E-state index contributed by atoms with van der Waals surface area (Å²) in [5.74, 6) is -0.353. The maximum absolute atomic E-state index is 11.8. The Morgan fingerprint density at radius 2 is 2.05 bits per heavy atom. The second-order valence-electron chi connectivity index (χ2n) is 4.39. The normalized spacial score (nSPS) is 10.9. The van der Waals surface area contributed by atoms with Crippen LogP contribution in [0.15, 0.2) is 52.5 Å². The lowest BCUT2D eigenvalue weighted by atomic mass is 10.1. The van der Waals surface area contributed by atoms with E-state index >= 15 is 0 Å². The Morgan fingerprint density at radius 1 is 1.29 bits per heavy atom. The number of fused-ring (bicyclic) bond motifs is 1. The van der Waals surface area contributed by atoms with Crippen molar-refractivity contribution >= 4 is 23.2 Å². The molecule has 0 amide bonds. The van der Waals surface area contributed by atoms with Gasteiger partial charge in [0.25, 0.3) is 5.56 Å². The summed E-state index contributed by atoms with van der Waals surface area (Å²) in [7, 11) is 0. The summed E-state index contributed by atoms with van der Waals surface area (Å²) < 4.78 is 1.54. The average Bonchev–Trinajstić information content (AvgIpc) is 2.94. The topological polar surface area (TPSA) is 87.5 Å². The minimum atomic E-state index is -0.946. The van der Waals surface area contributed by atoms with Crippen molar-refractivity contribution in [3.63, 3.8) is 0 Å². The van der Waals surface area contributed by atoms with E-state index in [0.717, 1.165) is 5.56 Å². The molecule has 0 bridgehead atoms. The molecule has 0 spiro atoms. The third-order valence-corrected chi connectivity index (χ3v) is 3.89. The monoisotopic (exact) mass is 301 g/mol. The Hall–Kier alpha value is -2.54. The van der Waals surface area contributed by atoms with E-state index < -0.39 is 5.97 Å². The lowest BCUT2D eigenvalue weighted by molar-refractivity contribution is 0.0697. The fourth-order valence-electron chi connectivity index (χ4n) is 1.88. The third kappa shape index (κ3) is 2.82. The number of thioether (sulfide) groups is 1. The molecular formula is C14H11N3O3S. The van der Waals surface area contributed by atoms with Crippen molar-refractivity contribution < 1.29 is 9.90 Å². The summed E-state index contributed by atoms with van der Waals surface area (Å²) >= 11 is 1.39. The van der Waals surface area contributed by atoms with E-state index in [4.69, 9.17) is 5.11 Å². The van der Waals surface area contributed by atoms with Gasteiger partial charge in [0.15, 0.2) is 5.16 Å². The lowest BCUT2D eigenvalue weighted by Crippen LogP contribution is -2.12. The molecule has 0 unspecified atom stereocenters. The molecule has 6 nitrogen and oxygen atoms in total. The largest absolute Gasteiger partial charge is 0.478 e. The van der Waals surface area contributed by atoms with E-state index in [1.54, 1.807) is 42.6 Å². The van der Waals surface area contributed by atoms with Crippen LogP contribution in [0.2, 0.25) is 0 Å². The molecule has 7 heteroatoms. The SMILES string of the molecule is O=C(O)c1ccc(CSc2nn3cccc3c(=O)[nH]2)cc1. The van der Waals surface area contributed by atoms with Gasteiger partial charge in [0, 0.05) is 11.9 Å². The van der Waals surface area contributed by atoms with Crippen LogP contribution in [0.1, 0.15) is 15.9 Å². The molecule has 0 aliphatic carbocycles. The molecule has 2 heterocycles. The molecule has 0 saturated carbocycles. The molecule has 2 aromatic heterocycles. The smallest absolute Gasteiger partial charge is 0.335 e. The zero-order valence-corrected chi connectivity index (χ0v) is 11.6. The Bertz CT molecular complexity index is 852. The Kier molecular flexibility index (Phi) is 3.49. The number of nitrogens with zero attached hydrogens (tertiary/aromatic N) is 2. The van der Waals surface area contributed by atoms with Crippen LogP contribution in [0.25, 0.3) is 5.52 Å². The first-order chi connectivity index (χ1) is 10.1. The number of nitrogens with one attached hydrogen (secondary N) is 1. The minimum absolute atomic E-state index is 0.182. The van der Waals surface area contributed by atoms with Crippen molar-refractivity contribution in [3.05, 3.63) is 64.1 Å². The van der Waals surface area contributed by atoms with Gasteiger partial charge in [0.05, 0.1) is 5.56 Å². The van der Waals surface area contributed by atoms with Crippen LogP contribution in [0.4, 0.5) is 0 Å². The van der Waals surface area contributed by atoms with Gasteiger partial charge in [0.2, 0.25) is 0 Å². The van der Waals surface area contributed by atoms with Crippen LogP contribution >= 0.6 is 11.8 Å². The first kappa shape index (κ1) is 13.4. The van der Waals surface area contributed by atoms with Gasteiger partial charge in [-0.15, -0.1) is 5.10 Å². The number of H-pyrrole nitrogens is 1. The second kappa shape index (κ2) is 5.45. The maximum Gasteiger partial charge on any atom is 0.335 e. The van der Waals surface area contributed by atoms with Crippen LogP contribution in [-0.2, 0) is 5.75 Å². The number of aromatic carboxylic acids is 1. The number of hydrogen-bond acceptors (Lipinski definition) is 4. The zero-order valence-electron chi connectivity index (χ0n) is 10.8. The number of aromatic nitrogens is 3. The van der Waals surface area contributed by atoms with E-state index in [2.05, 4.69) is 10.1 Å². The number of carboxylic acid groups (broad SMARTS) is 1. The van der Waals surface area contributed by atoms with Crippen molar-refractivity contribution in [1.82, 2.24) is 14.6 Å². The van der Waals surface area contributed by atoms with Crippen LogP contribution in [0, 0.1) is 0 Å². The predicted octanol–water partition coefficient (Wildman–Crippen LogP) is 2.01. The summed E-state index contributed by atoms with van der Waals surface area (Å²) in [6.45, 7) is 0. The van der Waals surface area contributed by atoms with E-state index in [-0.39, 0.29) is 11.1 Å². The van der Waals surface area contributed by atoms with Gasteiger partial charge in [-0.1, -0.05) is 23.9 Å². The third-order valence-electron chi connectivity index (χ3n) is 2.96. The standard InChI is InChI=1S/C14H11N3O3S/c18-12-11-2-1-7-17(11)16-14(15-12)21-8-9-3-5-10(6-4-9)13(19)20/h1-7H,8H2,(H,19,20)(H,15,16,18). The lowest BCUT2D eigenvalue weighted by Gasteiger charge is -2.03. The first-order valence-electron chi connectivity index (χ1n) is 6.16. The first-order valence-corrected chi connectivity index (χ1v) is 7.15. The molecule has 3 rings (SSSR count). The Labute approximate surface area is 123 Å². The van der Waals surface area contributed by atoms with Crippen molar-refractivity contribution in [3.8, 4) is 0 Å². The summed E-state index contributed by atoms with van der Waals surface area (Å²) in [4.78, 5) is 25.3. The van der Waals surface area contributed by atoms with Crippen LogP contribution in [-0.4, -0.2) is 25.7 Å². The molecule has 106 valence electrons. The van der Waals surface area contributed by atoms with Crippen LogP contribution in [0.3, 0.4) is 0 Å². The van der Waals surface area contributed by atoms with Gasteiger partial charge in [-0.3, -0.25) is 9.78 Å². The van der Waals surface area contributed by atoms with Gasteiger partial charge in [-0.2, -0.15) is 0 Å². The average molecular weight is 301 g/mol. The number of hydrogen-bond donors (Lipinski definition) is 2. The van der Waals surface area contributed by atoms with Gasteiger partial charge in [0.1, 0.15) is 5.52 Å². The molecular weight excluding hydrogens is 290 g/mol. The highest BCUT2D eigenvalue weighted by atomic mass is 32.2. The van der Waals surface area contributed by atoms with Gasteiger partial charge in [-0.05, 0) is 29.8 Å². The van der Waals surface area contributed by atoms with E-state index in [9.17, 15) is 9.59 Å². The summed E-state index contributed by atoms with van der Waals surface area (Å²) in [6.07, 6.45) is 1.72. The van der Waals surface area contributed by atoms with E-state index in [0.29, 0.717) is 16.4 Å². The Morgan fingerprint density at radius 3 is 2.76 bits per heavy atom. The molecule has 0 aliphatic rings. The molecule has 0 aliphatic heterocycles. The summed E-state index contributed by atoms with van der Waals surface area (Å²) in [5, 5.41) is 13.6. The fraction of sp³-hybridized carbons (Fsp3) is 0.0714. The van der Waals surface area contributed by atoms with Gasteiger partial charge < -0.3 is 5.11 Å². The molecule has 2 N–H and O–H groups in total. The number of rotatable bonds is 4. The molecule has 21 heavy (non-hydrogen) atoms. The molecule has 1 aromatic carbocycles. The maximum atomic E-state index is 11.8. The van der Waals surface area contributed by atoms with Crippen LogP contribution < -0.4 is 5.56 Å². The molecule has 0 saturated heterocycles. The van der Waals surface area contributed by atoms with Gasteiger partial charge in [-0.25, -0.2) is 9.31 Å².